The van der Waals surface area contributed by atoms with Crippen molar-refractivity contribution in [1.29, 1.82) is 0 Å². The van der Waals surface area contributed by atoms with Gasteiger partial charge in [-0.05, 0) is 6.42 Å². The van der Waals surface area contributed by atoms with Crippen LogP contribution in [0.15, 0.2) is 37.0 Å². The summed E-state index contributed by atoms with van der Waals surface area (Å²) in [4.78, 5) is 0. The van der Waals surface area contributed by atoms with Crippen molar-refractivity contribution in [3.05, 3.63) is 37.0 Å². The van der Waals surface area contributed by atoms with Crippen molar-refractivity contribution >= 4 is 0 Å². The van der Waals surface area contributed by atoms with Gasteiger partial charge in [0.2, 0.25) is 0 Å². The van der Waals surface area contributed by atoms with Gasteiger partial charge in [-0.25, -0.2) is 0 Å². The van der Waals surface area contributed by atoms with Gasteiger partial charge in [-0.15, -0.1) is 0 Å². The molecular weight excluding hydrogens is 132 g/mol. The van der Waals surface area contributed by atoms with E-state index in [1.165, 1.54) is 6.42 Å². The summed E-state index contributed by atoms with van der Waals surface area (Å²) in [5, 5.41) is 0. The lowest BCUT2D eigenvalue weighted by molar-refractivity contribution is 1.09. The van der Waals surface area contributed by atoms with Gasteiger partial charge in [-0.3, -0.25) is 0 Å². The summed E-state index contributed by atoms with van der Waals surface area (Å²) in [6.07, 6.45) is 7.88. The Labute approximate surface area is 71.3 Å². The van der Waals surface area contributed by atoms with Crippen LogP contribution in [-0.4, -0.2) is 0 Å². The van der Waals surface area contributed by atoms with Gasteiger partial charge in [-0.2, -0.15) is 0 Å². The van der Waals surface area contributed by atoms with E-state index in [1.54, 1.807) is 6.08 Å². The van der Waals surface area contributed by atoms with Crippen molar-refractivity contribution in [2.45, 2.75) is 33.6 Å². The minimum Gasteiger partial charge on any atom is -0.0991 e. The molecule has 64 valence electrons. The highest BCUT2D eigenvalue weighted by Crippen LogP contribution is 1.96. The monoisotopic (exact) mass is 152 g/mol. The van der Waals surface area contributed by atoms with Crippen molar-refractivity contribution in [2.75, 3.05) is 0 Å². The zero-order chi connectivity index (χ0) is 9.11. The first-order chi connectivity index (χ1) is 5.22. The van der Waals surface area contributed by atoms with Gasteiger partial charge in [0, 0.05) is 0 Å². The maximum absolute atomic E-state index is 3.78. The zero-order valence-electron chi connectivity index (χ0n) is 8.06. The molecule has 0 aliphatic rings. The maximum Gasteiger partial charge on any atom is -0.0313 e. The van der Waals surface area contributed by atoms with Crippen LogP contribution in [-0.2, 0) is 0 Å². The van der Waals surface area contributed by atoms with Crippen molar-refractivity contribution in [2.24, 2.45) is 0 Å². The minimum atomic E-state index is 1.02. The molecule has 0 amide bonds. The van der Waals surface area contributed by atoms with Crippen LogP contribution in [0, 0.1) is 0 Å². The highest BCUT2D eigenvalue weighted by atomic mass is 13.8. The van der Waals surface area contributed by atoms with Crippen LogP contribution in [0.3, 0.4) is 0 Å². The quantitative estimate of drug-likeness (QED) is 0.534. The Bertz CT molecular complexity index is 118. The van der Waals surface area contributed by atoms with Crippen LogP contribution in [0.25, 0.3) is 0 Å². The highest BCUT2D eigenvalue weighted by molar-refractivity contribution is 5.17. The summed E-state index contributed by atoms with van der Waals surface area (Å²) in [5.41, 5.74) is 1.14. The molecule has 0 saturated carbocycles. The van der Waals surface area contributed by atoms with E-state index in [0.717, 1.165) is 12.0 Å². The molecule has 11 heavy (non-hydrogen) atoms. The molecule has 0 bridgehead atoms. The highest BCUT2D eigenvalue weighted by Gasteiger charge is 1.75. The van der Waals surface area contributed by atoms with Crippen molar-refractivity contribution < 1.29 is 0 Å². The lowest BCUT2D eigenvalue weighted by Crippen LogP contribution is -1.65. The molecule has 0 heterocycles. The summed E-state index contributed by atoms with van der Waals surface area (Å²) < 4.78 is 0. The van der Waals surface area contributed by atoms with E-state index in [9.17, 15) is 0 Å². The van der Waals surface area contributed by atoms with Crippen molar-refractivity contribution in [1.82, 2.24) is 0 Å². The van der Waals surface area contributed by atoms with Crippen LogP contribution in [0.1, 0.15) is 33.6 Å². The van der Waals surface area contributed by atoms with Crippen LogP contribution < -0.4 is 0 Å². The van der Waals surface area contributed by atoms with Crippen LogP contribution >= 0.6 is 0 Å². The first-order valence-electron chi connectivity index (χ1n) is 4.19. The fourth-order valence-electron chi connectivity index (χ4n) is 0.322. The van der Waals surface area contributed by atoms with Crippen molar-refractivity contribution in [3.8, 4) is 0 Å². The fourth-order valence-corrected chi connectivity index (χ4v) is 0.322. The average molecular weight is 152 g/mol. The fraction of sp³-hybridized carbons (Fsp3) is 0.455. The first kappa shape index (κ1) is 12.9. The molecule has 0 fully saturated rings. The summed E-state index contributed by atoms with van der Waals surface area (Å²) in [6, 6.07) is 0. The van der Waals surface area contributed by atoms with Crippen LogP contribution in [0.2, 0.25) is 0 Å². The van der Waals surface area contributed by atoms with Crippen LogP contribution in [0.4, 0.5) is 0 Å². The predicted octanol–water partition coefficient (Wildman–Crippen LogP) is 4.11. The predicted molar refractivity (Wildman–Crippen MR) is 54.7 cm³/mol. The van der Waals surface area contributed by atoms with Gasteiger partial charge in [-0.1, -0.05) is 64.2 Å². The molecule has 0 atom stereocenters. The summed E-state index contributed by atoms with van der Waals surface area (Å²) in [7, 11) is 0. The SMILES string of the molecule is C=C/C=C\C(=C)CC.CCC. The standard InChI is InChI=1S/C8H12.C3H8/c1-4-6-7-8(3)5-2;1-3-2/h4,6-7H,1,3,5H2,2H3;3H2,1-2H3/b7-6-;. The third kappa shape index (κ3) is 17.6. The Balaban J connectivity index is 0. The maximum atomic E-state index is 3.78. The van der Waals surface area contributed by atoms with E-state index in [0.29, 0.717) is 0 Å². The van der Waals surface area contributed by atoms with E-state index in [4.69, 9.17) is 0 Å². The Morgan fingerprint density at radius 1 is 1.27 bits per heavy atom. The lowest BCUT2D eigenvalue weighted by atomic mass is 10.2. The molecule has 0 radical (unpaired) electrons. The van der Waals surface area contributed by atoms with Gasteiger partial charge in [0.25, 0.3) is 0 Å². The number of hydrogen-bond acceptors (Lipinski definition) is 0. The molecule has 0 nitrogen and oxygen atoms in total. The van der Waals surface area contributed by atoms with Crippen molar-refractivity contribution in [3.63, 3.8) is 0 Å². The molecular formula is C11H20. The summed E-state index contributed by atoms with van der Waals surface area (Å²) >= 11 is 0. The van der Waals surface area contributed by atoms with Gasteiger partial charge < -0.3 is 0 Å². The first-order valence-corrected chi connectivity index (χ1v) is 4.19. The van der Waals surface area contributed by atoms with Gasteiger partial charge in [0.05, 0.1) is 0 Å². The topological polar surface area (TPSA) is 0 Å². The summed E-state index contributed by atoms with van der Waals surface area (Å²) in [6.45, 7) is 13.6. The van der Waals surface area contributed by atoms with E-state index < -0.39 is 0 Å². The number of hydrogen-bond donors (Lipinski definition) is 0. The molecule has 0 aliphatic heterocycles. The minimum absolute atomic E-state index is 1.02. The molecule has 0 rings (SSSR count). The average Bonchev–Trinajstić information content (AvgIpc) is 2.02. The molecule has 0 unspecified atom stereocenters. The largest absolute Gasteiger partial charge is 0.0991 e. The third-order valence-corrected chi connectivity index (χ3v) is 0.922. The van der Waals surface area contributed by atoms with E-state index in [-0.39, 0.29) is 0 Å². The number of allylic oxidation sites excluding steroid dienone is 4. The molecule has 0 aromatic carbocycles. The molecule has 0 aromatic heterocycles. The smallest absolute Gasteiger partial charge is 0.0313 e. The van der Waals surface area contributed by atoms with E-state index >= 15 is 0 Å². The second-order valence-electron chi connectivity index (χ2n) is 2.31. The Kier molecular flexibility index (Phi) is 14.0. The van der Waals surface area contributed by atoms with Crippen LogP contribution in [0.5, 0.6) is 0 Å². The second-order valence-corrected chi connectivity index (χ2v) is 2.31. The Hall–Kier alpha value is -0.780. The third-order valence-electron chi connectivity index (χ3n) is 0.922. The lowest BCUT2D eigenvalue weighted by Gasteiger charge is -1.86. The molecule has 0 saturated heterocycles. The normalized spacial score (nSPS) is 8.64. The molecule has 0 heteroatoms. The molecule has 0 spiro atoms. The zero-order valence-corrected chi connectivity index (χ0v) is 8.06. The second kappa shape index (κ2) is 12.0. The van der Waals surface area contributed by atoms with E-state index in [1.807, 2.05) is 12.2 Å². The number of rotatable bonds is 3. The molecule has 0 aliphatic carbocycles. The van der Waals surface area contributed by atoms with Gasteiger partial charge in [0.15, 0.2) is 0 Å². The molecule has 0 aromatic rings. The Morgan fingerprint density at radius 2 is 1.73 bits per heavy atom. The van der Waals surface area contributed by atoms with E-state index in [2.05, 4.69) is 33.9 Å². The molecule has 0 N–H and O–H groups in total. The van der Waals surface area contributed by atoms with Gasteiger partial charge in [0.1, 0.15) is 0 Å². The van der Waals surface area contributed by atoms with Gasteiger partial charge >= 0.3 is 0 Å². The summed E-state index contributed by atoms with van der Waals surface area (Å²) in [5.74, 6) is 0. The Morgan fingerprint density at radius 3 is 2.00 bits per heavy atom.